The van der Waals surface area contributed by atoms with Gasteiger partial charge in [0.05, 0.1) is 5.56 Å². The van der Waals surface area contributed by atoms with E-state index in [1.807, 2.05) is 6.92 Å². The molecule has 3 heterocycles. The van der Waals surface area contributed by atoms with Crippen molar-refractivity contribution in [2.45, 2.75) is 13.3 Å². The first kappa shape index (κ1) is 17.5. The monoisotopic (exact) mass is 378 g/mol. The molecule has 0 radical (unpaired) electrons. The zero-order valence-electron chi connectivity index (χ0n) is 14.8. The number of nitrogens with zero attached hydrogens (tertiary/aromatic N) is 5. The van der Waals surface area contributed by atoms with Gasteiger partial charge in [0.2, 0.25) is 0 Å². The zero-order valence-corrected chi connectivity index (χ0v) is 14.8. The van der Waals surface area contributed by atoms with Crippen LogP contribution in [0.5, 0.6) is 0 Å². The minimum Gasteiger partial charge on any atom is -0.334 e. The maximum Gasteiger partial charge on any atom is 0.275 e. The van der Waals surface area contributed by atoms with Gasteiger partial charge in [-0.15, -0.1) is 0 Å². The third-order valence-electron chi connectivity index (χ3n) is 3.94. The molecular formula is C19H15FN6O2. The van der Waals surface area contributed by atoms with E-state index in [0.717, 1.165) is 0 Å². The van der Waals surface area contributed by atoms with E-state index >= 15 is 0 Å². The number of benzene rings is 1. The van der Waals surface area contributed by atoms with Crippen LogP contribution in [0, 0.1) is 5.82 Å². The Morgan fingerprint density at radius 1 is 1.25 bits per heavy atom. The fourth-order valence-electron chi connectivity index (χ4n) is 2.59. The molecule has 8 nitrogen and oxygen atoms in total. The third-order valence-corrected chi connectivity index (χ3v) is 3.94. The van der Waals surface area contributed by atoms with Gasteiger partial charge in [-0.1, -0.05) is 18.1 Å². The molecule has 0 aliphatic heterocycles. The molecule has 28 heavy (non-hydrogen) atoms. The maximum atomic E-state index is 13.3. The predicted molar refractivity (Wildman–Crippen MR) is 98.4 cm³/mol. The van der Waals surface area contributed by atoms with E-state index in [1.165, 1.54) is 30.7 Å². The molecule has 140 valence electrons. The molecule has 4 aromatic rings. The van der Waals surface area contributed by atoms with E-state index in [0.29, 0.717) is 35.2 Å². The van der Waals surface area contributed by atoms with Gasteiger partial charge in [0, 0.05) is 24.5 Å². The number of halogens is 1. The van der Waals surface area contributed by atoms with E-state index in [9.17, 15) is 9.18 Å². The van der Waals surface area contributed by atoms with Gasteiger partial charge >= 0.3 is 0 Å². The average molecular weight is 378 g/mol. The first-order chi connectivity index (χ1) is 13.6. The van der Waals surface area contributed by atoms with Gasteiger partial charge in [0.1, 0.15) is 17.8 Å². The summed E-state index contributed by atoms with van der Waals surface area (Å²) in [5.74, 6) is 0.511. The van der Waals surface area contributed by atoms with Crippen LogP contribution in [0.25, 0.3) is 17.3 Å². The van der Waals surface area contributed by atoms with Crippen LogP contribution in [0.1, 0.15) is 23.2 Å². The fourth-order valence-corrected chi connectivity index (χ4v) is 2.59. The highest BCUT2D eigenvalue weighted by Gasteiger charge is 2.17. The van der Waals surface area contributed by atoms with E-state index in [-0.39, 0.29) is 5.69 Å². The average Bonchev–Trinajstić information content (AvgIpc) is 3.38. The molecular weight excluding hydrogens is 363 g/mol. The number of aryl methyl sites for hydroxylation is 1. The highest BCUT2D eigenvalue weighted by atomic mass is 19.1. The minimum absolute atomic E-state index is 0.153. The second kappa shape index (κ2) is 7.39. The Morgan fingerprint density at radius 2 is 2.14 bits per heavy atom. The molecule has 0 aliphatic carbocycles. The molecule has 0 spiro atoms. The van der Waals surface area contributed by atoms with Gasteiger partial charge in [-0.3, -0.25) is 9.36 Å². The number of imidazole rings is 1. The van der Waals surface area contributed by atoms with E-state index < -0.39 is 11.7 Å². The van der Waals surface area contributed by atoms with Crippen LogP contribution in [-0.4, -0.2) is 30.6 Å². The second-order valence-electron chi connectivity index (χ2n) is 5.87. The van der Waals surface area contributed by atoms with Crippen LogP contribution in [0.3, 0.4) is 0 Å². The summed E-state index contributed by atoms with van der Waals surface area (Å²) in [6.45, 7) is 1.93. The number of aromatic nitrogens is 5. The Bertz CT molecular complexity index is 1140. The van der Waals surface area contributed by atoms with Gasteiger partial charge < -0.3 is 9.84 Å². The lowest BCUT2D eigenvalue weighted by Crippen LogP contribution is -2.12. The van der Waals surface area contributed by atoms with Crippen LogP contribution in [0.15, 0.2) is 59.6 Å². The number of carbonyl (C=O) groups is 1. The molecule has 9 heteroatoms. The summed E-state index contributed by atoms with van der Waals surface area (Å²) < 4.78 is 20.2. The summed E-state index contributed by atoms with van der Waals surface area (Å²) in [5, 5.41) is 6.50. The molecule has 0 bridgehead atoms. The minimum atomic E-state index is -0.465. The van der Waals surface area contributed by atoms with Gasteiger partial charge in [-0.05, 0) is 30.3 Å². The predicted octanol–water partition coefficient (Wildman–Crippen LogP) is 3.27. The first-order valence-corrected chi connectivity index (χ1v) is 8.53. The number of pyridine rings is 1. The molecule has 0 fully saturated rings. The Balaban J connectivity index is 1.62. The number of anilines is 1. The normalized spacial score (nSPS) is 10.8. The molecule has 0 aliphatic rings. The third kappa shape index (κ3) is 3.50. The summed E-state index contributed by atoms with van der Waals surface area (Å²) >= 11 is 0. The van der Waals surface area contributed by atoms with Gasteiger partial charge in [-0.2, -0.15) is 4.98 Å². The van der Waals surface area contributed by atoms with Gasteiger partial charge in [0.15, 0.2) is 11.6 Å². The number of hydrogen-bond donors (Lipinski definition) is 1. The number of hydrogen-bond acceptors (Lipinski definition) is 6. The molecule has 0 saturated heterocycles. The van der Waals surface area contributed by atoms with Crippen molar-refractivity contribution >= 4 is 11.6 Å². The molecule has 0 saturated carbocycles. The molecule has 3 aromatic heterocycles. The number of carbonyl (C=O) groups excluding carboxylic acids is 1. The van der Waals surface area contributed by atoms with E-state index in [1.54, 1.807) is 29.0 Å². The van der Waals surface area contributed by atoms with Crippen LogP contribution in [0.4, 0.5) is 10.1 Å². The molecule has 1 aromatic carbocycles. The van der Waals surface area contributed by atoms with Crippen LogP contribution in [-0.2, 0) is 6.42 Å². The SMILES string of the molecule is CCc1noc(-c2cccnc2-n2cnc(C(=O)Nc3cccc(F)c3)c2)n1. The smallest absolute Gasteiger partial charge is 0.275 e. The van der Waals surface area contributed by atoms with Gasteiger partial charge in [-0.25, -0.2) is 14.4 Å². The summed E-state index contributed by atoms with van der Waals surface area (Å²) in [6, 6.07) is 9.18. The first-order valence-electron chi connectivity index (χ1n) is 8.53. The van der Waals surface area contributed by atoms with Crippen molar-refractivity contribution < 1.29 is 13.7 Å². The Morgan fingerprint density at radius 3 is 2.93 bits per heavy atom. The lowest BCUT2D eigenvalue weighted by atomic mass is 10.2. The highest BCUT2D eigenvalue weighted by Crippen LogP contribution is 2.23. The number of rotatable bonds is 5. The number of nitrogens with one attached hydrogen (secondary N) is 1. The summed E-state index contributed by atoms with van der Waals surface area (Å²) in [7, 11) is 0. The van der Waals surface area contributed by atoms with E-state index in [4.69, 9.17) is 4.52 Å². The zero-order chi connectivity index (χ0) is 19.5. The maximum absolute atomic E-state index is 13.3. The van der Waals surface area contributed by atoms with Crippen molar-refractivity contribution in [3.63, 3.8) is 0 Å². The Hall–Kier alpha value is -3.88. The second-order valence-corrected chi connectivity index (χ2v) is 5.87. The quantitative estimate of drug-likeness (QED) is 0.572. The Labute approximate surface area is 159 Å². The van der Waals surface area contributed by atoms with Crippen molar-refractivity contribution in [2.75, 3.05) is 5.32 Å². The summed E-state index contributed by atoms with van der Waals surface area (Å²) in [5.41, 5.74) is 1.11. The van der Waals surface area contributed by atoms with Crippen LogP contribution >= 0.6 is 0 Å². The standard InChI is InChI=1S/C19H15FN6O2/c1-2-16-24-19(28-25-16)14-7-4-8-21-17(14)26-10-15(22-11-26)18(27)23-13-6-3-5-12(20)9-13/h3-11H,2H2,1H3,(H,23,27). The highest BCUT2D eigenvalue weighted by molar-refractivity contribution is 6.02. The van der Waals surface area contributed by atoms with Crippen molar-refractivity contribution in [1.82, 2.24) is 24.7 Å². The molecule has 1 amide bonds. The van der Waals surface area contributed by atoms with Crippen molar-refractivity contribution in [3.8, 4) is 17.3 Å². The van der Waals surface area contributed by atoms with Crippen LogP contribution < -0.4 is 5.32 Å². The van der Waals surface area contributed by atoms with E-state index in [2.05, 4.69) is 25.4 Å². The van der Waals surface area contributed by atoms with Crippen LogP contribution in [0.2, 0.25) is 0 Å². The largest absolute Gasteiger partial charge is 0.334 e. The Kier molecular flexibility index (Phi) is 4.63. The lowest BCUT2D eigenvalue weighted by molar-refractivity contribution is 0.102. The molecule has 4 rings (SSSR count). The lowest BCUT2D eigenvalue weighted by Gasteiger charge is -2.05. The molecule has 0 unspecified atom stereocenters. The van der Waals surface area contributed by atoms with Crippen molar-refractivity contribution in [3.05, 3.63) is 72.5 Å². The van der Waals surface area contributed by atoms with Crippen molar-refractivity contribution in [1.29, 1.82) is 0 Å². The number of amides is 1. The fraction of sp³-hybridized carbons (Fsp3) is 0.105. The van der Waals surface area contributed by atoms with Gasteiger partial charge in [0.25, 0.3) is 11.8 Å². The summed E-state index contributed by atoms with van der Waals surface area (Å²) in [4.78, 5) is 25.2. The molecule has 1 N–H and O–H groups in total. The topological polar surface area (TPSA) is 98.7 Å². The van der Waals surface area contributed by atoms with Crippen molar-refractivity contribution in [2.24, 2.45) is 0 Å². The molecule has 0 atom stereocenters. The summed E-state index contributed by atoms with van der Waals surface area (Å²) in [6.07, 6.45) is 5.25.